The molecule has 10 heteroatoms. The molecule has 0 unspecified atom stereocenters. The standard InChI is InChI=1S/C24H20N4O5S/c1-16-13-17-7-2-5-12-22(17)28(16)34(31,32)19-9-6-8-18(14-19)24(30)33-15-27-23(29)20-10-3-4-11-21(20)25-26-27/h2-12,14,16H,13,15H2,1H3/t16-/m0/s1. The van der Waals surface area contributed by atoms with Gasteiger partial charge in [-0.3, -0.25) is 9.10 Å². The van der Waals surface area contributed by atoms with Crippen molar-refractivity contribution in [1.29, 1.82) is 0 Å². The molecule has 1 aromatic heterocycles. The Balaban J connectivity index is 1.39. The van der Waals surface area contributed by atoms with Gasteiger partial charge in [0.2, 0.25) is 0 Å². The Morgan fingerprint density at radius 1 is 1.06 bits per heavy atom. The molecule has 3 aromatic carbocycles. The summed E-state index contributed by atoms with van der Waals surface area (Å²) >= 11 is 0. The number of esters is 1. The Kier molecular flexibility index (Phi) is 5.37. The van der Waals surface area contributed by atoms with Gasteiger partial charge >= 0.3 is 5.97 Å². The highest BCUT2D eigenvalue weighted by Crippen LogP contribution is 2.36. The van der Waals surface area contributed by atoms with E-state index in [0.29, 0.717) is 23.0 Å². The molecule has 0 saturated heterocycles. The fourth-order valence-electron chi connectivity index (χ4n) is 4.11. The van der Waals surface area contributed by atoms with Crippen molar-refractivity contribution in [3.05, 3.63) is 94.3 Å². The average Bonchev–Trinajstić information content (AvgIpc) is 3.20. The fourth-order valence-corrected chi connectivity index (χ4v) is 5.85. The van der Waals surface area contributed by atoms with Crippen LogP contribution >= 0.6 is 0 Å². The number of nitrogens with zero attached hydrogens (tertiary/aromatic N) is 4. The second-order valence-corrected chi connectivity index (χ2v) is 9.80. The lowest BCUT2D eigenvalue weighted by Gasteiger charge is -2.24. The maximum Gasteiger partial charge on any atom is 0.339 e. The summed E-state index contributed by atoms with van der Waals surface area (Å²) in [4.78, 5) is 25.2. The first-order chi connectivity index (χ1) is 16.4. The van der Waals surface area contributed by atoms with Gasteiger partial charge in [-0.25, -0.2) is 13.2 Å². The van der Waals surface area contributed by atoms with Gasteiger partial charge in [-0.1, -0.05) is 41.6 Å². The molecule has 5 rings (SSSR count). The zero-order valence-corrected chi connectivity index (χ0v) is 19.0. The van der Waals surface area contributed by atoms with Gasteiger partial charge in [-0.2, -0.15) is 4.68 Å². The summed E-state index contributed by atoms with van der Waals surface area (Å²) in [6, 6.07) is 19.5. The smallest absolute Gasteiger partial charge is 0.339 e. The molecule has 0 saturated carbocycles. The van der Waals surface area contributed by atoms with E-state index in [4.69, 9.17) is 4.74 Å². The molecule has 0 fully saturated rings. The molecule has 0 radical (unpaired) electrons. The van der Waals surface area contributed by atoms with E-state index in [9.17, 15) is 18.0 Å². The van der Waals surface area contributed by atoms with Crippen molar-refractivity contribution >= 4 is 32.6 Å². The molecule has 0 amide bonds. The number of hydrogen-bond donors (Lipinski definition) is 0. The van der Waals surface area contributed by atoms with E-state index in [2.05, 4.69) is 10.3 Å². The number of aromatic nitrogens is 3. The number of anilines is 1. The van der Waals surface area contributed by atoms with Crippen LogP contribution in [0.2, 0.25) is 0 Å². The number of para-hydroxylation sites is 1. The molecule has 0 spiro atoms. The van der Waals surface area contributed by atoms with Gasteiger partial charge in [0.15, 0.2) is 6.73 Å². The summed E-state index contributed by atoms with van der Waals surface area (Å²) in [5.74, 6) is -0.784. The lowest BCUT2D eigenvalue weighted by molar-refractivity contribution is 0.0336. The zero-order valence-electron chi connectivity index (χ0n) is 18.2. The average molecular weight is 477 g/mol. The number of benzene rings is 3. The normalized spacial score (nSPS) is 15.3. The van der Waals surface area contributed by atoms with Crippen molar-refractivity contribution in [3.8, 4) is 0 Å². The topological polar surface area (TPSA) is 111 Å². The van der Waals surface area contributed by atoms with E-state index in [1.165, 1.54) is 28.6 Å². The predicted molar refractivity (Wildman–Crippen MR) is 125 cm³/mol. The van der Waals surface area contributed by atoms with Gasteiger partial charge in [0.1, 0.15) is 5.52 Å². The van der Waals surface area contributed by atoms with Crippen molar-refractivity contribution in [2.75, 3.05) is 4.31 Å². The Bertz CT molecular complexity index is 1580. The second kappa shape index (κ2) is 8.38. The van der Waals surface area contributed by atoms with E-state index >= 15 is 0 Å². The number of carbonyl (C=O) groups is 1. The molecular formula is C24H20N4O5S. The molecule has 9 nitrogen and oxygen atoms in total. The van der Waals surface area contributed by atoms with Crippen molar-refractivity contribution in [2.24, 2.45) is 0 Å². The van der Waals surface area contributed by atoms with Gasteiger partial charge in [0, 0.05) is 6.04 Å². The lowest BCUT2D eigenvalue weighted by Crippen LogP contribution is -2.35. The quantitative estimate of drug-likeness (QED) is 0.407. The van der Waals surface area contributed by atoms with Crippen LogP contribution in [0.5, 0.6) is 0 Å². The first-order valence-electron chi connectivity index (χ1n) is 10.6. The van der Waals surface area contributed by atoms with Gasteiger partial charge in [0.25, 0.3) is 15.6 Å². The largest absolute Gasteiger partial charge is 0.439 e. The minimum Gasteiger partial charge on any atom is -0.439 e. The van der Waals surface area contributed by atoms with Crippen molar-refractivity contribution < 1.29 is 17.9 Å². The molecule has 172 valence electrons. The third-order valence-corrected chi connectivity index (χ3v) is 7.64. The van der Waals surface area contributed by atoms with Crippen molar-refractivity contribution in [2.45, 2.75) is 31.0 Å². The molecular weight excluding hydrogens is 456 g/mol. The van der Waals surface area contributed by atoms with Gasteiger partial charge < -0.3 is 4.74 Å². The maximum absolute atomic E-state index is 13.4. The molecule has 2 heterocycles. The van der Waals surface area contributed by atoms with Crippen LogP contribution in [0.15, 0.2) is 82.5 Å². The van der Waals surface area contributed by atoms with E-state index in [1.54, 1.807) is 36.4 Å². The molecule has 0 aliphatic carbocycles. The third-order valence-electron chi connectivity index (χ3n) is 5.72. The van der Waals surface area contributed by atoms with Crippen LogP contribution in [0.25, 0.3) is 10.9 Å². The molecule has 4 aromatic rings. The first kappa shape index (κ1) is 21.8. The molecule has 1 aliphatic rings. The lowest BCUT2D eigenvalue weighted by atomic mass is 10.1. The highest BCUT2D eigenvalue weighted by molar-refractivity contribution is 7.92. The van der Waals surface area contributed by atoms with E-state index < -0.39 is 28.3 Å². The first-order valence-corrected chi connectivity index (χ1v) is 12.0. The summed E-state index contributed by atoms with van der Waals surface area (Å²) in [5, 5.41) is 8.08. The molecule has 0 bridgehead atoms. The SMILES string of the molecule is C[C@H]1Cc2ccccc2N1S(=O)(=O)c1cccc(C(=O)OCn2nnc3ccccc3c2=O)c1. The molecule has 0 N–H and O–H groups in total. The summed E-state index contributed by atoms with van der Waals surface area (Å²) in [7, 11) is -3.91. The van der Waals surface area contributed by atoms with Crippen LogP contribution in [0.1, 0.15) is 22.8 Å². The van der Waals surface area contributed by atoms with Gasteiger partial charge in [-0.15, -0.1) is 5.10 Å². The number of carbonyl (C=O) groups excluding carboxylic acids is 1. The highest BCUT2D eigenvalue weighted by Gasteiger charge is 2.36. The highest BCUT2D eigenvalue weighted by atomic mass is 32.2. The Morgan fingerprint density at radius 2 is 1.82 bits per heavy atom. The minimum absolute atomic E-state index is 0.0202. The third kappa shape index (κ3) is 3.71. The van der Waals surface area contributed by atoms with Crippen LogP contribution in [-0.4, -0.2) is 35.4 Å². The van der Waals surface area contributed by atoms with Crippen LogP contribution in [0.3, 0.4) is 0 Å². The summed E-state index contributed by atoms with van der Waals surface area (Å²) in [5.41, 5.74) is 1.62. The Hall–Kier alpha value is -4.05. The maximum atomic E-state index is 13.4. The number of fused-ring (bicyclic) bond motifs is 2. The number of sulfonamides is 1. The fraction of sp³-hybridized carbons (Fsp3) is 0.167. The minimum atomic E-state index is -3.91. The van der Waals surface area contributed by atoms with Crippen LogP contribution in [0, 0.1) is 0 Å². The van der Waals surface area contributed by atoms with E-state index in [-0.39, 0.29) is 16.5 Å². The monoisotopic (exact) mass is 476 g/mol. The van der Waals surface area contributed by atoms with E-state index in [0.717, 1.165) is 10.2 Å². The predicted octanol–water partition coefficient (Wildman–Crippen LogP) is 2.75. The van der Waals surface area contributed by atoms with Crippen molar-refractivity contribution in [1.82, 2.24) is 15.0 Å². The number of rotatable bonds is 5. The number of hydrogen-bond acceptors (Lipinski definition) is 7. The van der Waals surface area contributed by atoms with Crippen LogP contribution < -0.4 is 9.86 Å². The summed E-state index contributed by atoms with van der Waals surface area (Å²) in [6.07, 6.45) is 0.610. The van der Waals surface area contributed by atoms with Crippen molar-refractivity contribution in [3.63, 3.8) is 0 Å². The molecule has 1 atom stereocenters. The second-order valence-electron chi connectivity index (χ2n) is 7.98. The zero-order chi connectivity index (χ0) is 23.9. The summed E-state index contributed by atoms with van der Waals surface area (Å²) < 4.78 is 34.4. The number of ether oxygens (including phenoxy) is 1. The summed E-state index contributed by atoms with van der Waals surface area (Å²) in [6.45, 7) is 1.39. The van der Waals surface area contributed by atoms with Gasteiger partial charge in [0.05, 0.1) is 21.5 Å². The molecule has 34 heavy (non-hydrogen) atoms. The van der Waals surface area contributed by atoms with E-state index in [1.807, 2.05) is 19.1 Å². The molecule has 1 aliphatic heterocycles. The Morgan fingerprint density at radius 3 is 2.68 bits per heavy atom. The van der Waals surface area contributed by atoms with Gasteiger partial charge in [-0.05, 0) is 55.3 Å². The van der Waals surface area contributed by atoms with Crippen LogP contribution in [-0.2, 0) is 27.9 Å². The van der Waals surface area contributed by atoms with Crippen LogP contribution in [0.4, 0.5) is 5.69 Å². The Labute approximate surface area is 195 Å².